The SMILES string of the molecule is CCNC(=O)NCC1(C)CCC1. The molecule has 0 aromatic rings. The van der Waals surface area contributed by atoms with Crippen molar-refractivity contribution in [3.05, 3.63) is 0 Å². The second-order valence-electron chi connectivity index (χ2n) is 3.88. The van der Waals surface area contributed by atoms with E-state index in [9.17, 15) is 4.79 Å². The Morgan fingerprint density at radius 3 is 2.50 bits per heavy atom. The van der Waals surface area contributed by atoms with E-state index in [0.717, 1.165) is 6.54 Å². The van der Waals surface area contributed by atoms with Gasteiger partial charge >= 0.3 is 6.03 Å². The molecule has 0 bridgehead atoms. The number of carbonyl (C=O) groups is 1. The molecule has 12 heavy (non-hydrogen) atoms. The highest BCUT2D eigenvalue weighted by molar-refractivity contribution is 5.73. The Morgan fingerprint density at radius 2 is 2.08 bits per heavy atom. The molecule has 1 aliphatic rings. The topological polar surface area (TPSA) is 41.1 Å². The number of carbonyl (C=O) groups excluding carboxylic acids is 1. The summed E-state index contributed by atoms with van der Waals surface area (Å²) in [5.41, 5.74) is 0.380. The van der Waals surface area contributed by atoms with Crippen molar-refractivity contribution in [2.45, 2.75) is 33.1 Å². The van der Waals surface area contributed by atoms with E-state index in [1.165, 1.54) is 19.3 Å². The van der Waals surface area contributed by atoms with Gasteiger partial charge in [-0.15, -0.1) is 0 Å². The maximum absolute atomic E-state index is 11.0. The minimum Gasteiger partial charge on any atom is -0.338 e. The molecule has 0 radical (unpaired) electrons. The molecule has 0 saturated heterocycles. The average Bonchev–Trinajstić information content (AvgIpc) is 1.98. The van der Waals surface area contributed by atoms with E-state index in [2.05, 4.69) is 17.6 Å². The molecule has 3 heteroatoms. The lowest BCUT2D eigenvalue weighted by atomic mass is 9.70. The summed E-state index contributed by atoms with van der Waals surface area (Å²) in [5.74, 6) is 0. The highest BCUT2D eigenvalue weighted by atomic mass is 16.2. The second kappa shape index (κ2) is 3.78. The molecular formula is C9H18N2O. The molecule has 0 aliphatic heterocycles. The van der Waals surface area contributed by atoms with Crippen LogP contribution in [0.1, 0.15) is 33.1 Å². The van der Waals surface area contributed by atoms with E-state index >= 15 is 0 Å². The van der Waals surface area contributed by atoms with E-state index in [0.29, 0.717) is 12.0 Å². The van der Waals surface area contributed by atoms with Gasteiger partial charge in [0.2, 0.25) is 0 Å². The van der Waals surface area contributed by atoms with Crippen molar-refractivity contribution in [3.63, 3.8) is 0 Å². The van der Waals surface area contributed by atoms with Gasteiger partial charge < -0.3 is 10.6 Å². The van der Waals surface area contributed by atoms with Crippen molar-refractivity contribution in [1.82, 2.24) is 10.6 Å². The summed E-state index contributed by atoms with van der Waals surface area (Å²) < 4.78 is 0. The number of urea groups is 1. The highest BCUT2D eigenvalue weighted by Gasteiger charge is 2.31. The fraction of sp³-hybridized carbons (Fsp3) is 0.889. The van der Waals surface area contributed by atoms with Crippen LogP contribution in [0.4, 0.5) is 4.79 Å². The first kappa shape index (κ1) is 9.36. The number of hydrogen-bond acceptors (Lipinski definition) is 1. The fourth-order valence-corrected chi connectivity index (χ4v) is 1.47. The average molecular weight is 170 g/mol. The number of hydrogen-bond donors (Lipinski definition) is 2. The van der Waals surface area contributed by atoms with Crippen LogP contribution in [0.3, 0.4) is 0 Å². The van der Waals surface area contributed by atoms with Crippen molar-refractivity contribution in [3.8, 4) is 0 Å². The van der Waals surface area contributed by atoms with Crippen molar-refractivity contribution in [2.24, 2.45) is 5.41 Å². The van der Waals surface area contributed by atoms with Gasteiger partial charge in [-0.1, -0.05) is 13.3 Å². The van der Waals surface area contributed by atoms with Crippen molar-refractivity contribution in [1.29, 1.82) is 0 Å². The molecule has 0 spiro atoms. The Hall–Kier alpha value is -0.730. The molecule has 1 aliphatic carbocycles. The van der Waals surface area contributed by atoms with Crippen LogP contribution in [0.2, 0.25) is 0 Å². The zero-order valence-electron chi connectivity index (χ0n) is 7.94. The molecule has 1 fully saturated rings. The first-order valence-electron chi connectivity index (χ1n) is 4.68. The van der Waals surface area contributed by atoms with E-state index in [1.54, 1.807) is 0 Å². The third-order valence-corrected chi connectivity index (χ3v) is 2.57. The summed E-state index contributed by atoms with van der Waals surface area (Å²) >= 11 is 0. The van der Waals surface area contributed by atoms with Crippen LogP contribution in [0.15, 0.2) is 0 Å². The zero-order chi connectivity index (χ0) is 9.03. The molecule has 70 valence electrons. The van der Waals surface area contributed by atoms with Crippen molar-refractivity contribution in [2.75, 3.05) is 13.1 Å². The smallest absolute Gasteiger partial charge is 0.314 e. The monoisotopic (exact) mass is 170 g/mol. The summed E-state index contributed by atoms with van der Waals surface area (Å²) in [5, 5.41) is 5.59. The number of nitrogens with one attached hydrogen (secondary N) is 2. The Morgan fingerprint density at radius 1 is 1.42 bits per heavy atom. The number of rotatable bonds is 3. The lowest BCUT2D eigenvalue weighted by molar-refractivity contribution is 0.157. The van der Waals surface area contributed by atoms with Crippen molar-refractivity contribution >= 4 is 6.03 Å². The third-order valence-electron chi connectivity index (χ3n) is 2.57. The standard InChI is InChI=1S/C9H18N2O/c1-3-10-8(12)11-7-9(2)5-4-6-9/h3-7H2,1-2H3,(H2,10,11,12). The first-order chi connectivity index (χ1) is 5.66. The fourth-order valence-electron chi connectivity index (χ4n) is 1.47. The minimum atomic E-state index is -0.0365. The molecule has 0 aromatic heterocycles. The maximum atomic E-state index is 11.0. The first-order valence-corrected chi connectivity index (χ1v) is 4.68. The summed E-state index contributed by atoms with van der Waals surface area (Å²) in [4.78, 5) is 11.0. The second-order valence-corrected chi connectivity index (χ2v) is 3.88. The van der Waals surface area contributed by atoms with Gasteiger partial charge in [0.1, 0.15) is 0 Å². The van der Waals surface area contributed by atoms with Crippen LogP contribution in [0, 0.1) is 5.41 Å². The third kappa shape index (κ3) is 2.40. The van der Waals surface area contributed by atoms with Gasteiger partial charge in [-0.05, 0) is 25.2 Å². The minimum absolute atomic E-state index is 0.0365. The van der Waals surface area contributed by atoms with Crippen LogP contribution >= 0.6 is 0 Å². The predicted octanol–water partition coefficient (Wildman–Crippen LogP) is 1.50. The number of amides is 2. The van der Waals surface area contributed by atoms with Gasteiger partial charge in [0.25, 0.3) is 0 Å². The normalized spacial score (nSPS) is 19.5. The van der Waals surface area contributed by atoms with Gasteiger partial charge in [0.15, 0.2) is 0 Å². The maximum Gasteiger partial charge on any atom is 0.314 e. The Kier molecular flexibility index (Phi) is 2.95. The predicted molar refractivity (Wildman–Crippen MR) is 49.0 cm³/mol. The quantitative estimate of drug-likeness (QED) is 0.662. The van der Waals surface area contributed by atoms with Crippen LogP contribution < -0.4 is 10.6 Å². The molecular weight excluding hydrogens is 152 g/mol. The van der Waals surface area contributed by atoms with E-state index in [1.807, 2.05) is 6.92 Å². The van der Waals surface area contributed by atoms with Gasteiger partial charge in [-0.2, -0.15) is 0 Å². The lowest BCUT2D eigenvalue weighted by Crippen LogP contribution is -2.44. The van der Waals surface area contributed by atoms with Crippen LogP contribution in [0.25, 0.3) is 0 Å². The molecule has 2 amide bonds. The van der Waals surface area contributed by atoms with Gasteiger partial charge in [0.05, 0.1) is 0 Å². The lowest BCUT2D eigenvalue weighted by Gasteiger charge is -2.38. The van der Waals surface area contributed by atoms with Gasteiger partial charge in [0, 0.05) is 13.1 Å². The molecule has 0 atom stereocenters. The summed E-state index contributed by atoms with van der Waals surface area (Å²) in [6.07, 6.45) is 3.81. The largest absolute Gasteiger partial charge is 0.338 e. The molecule has 3 nitrogen and oxygen atoms in total. The molecule has 0 heterocycles. The van der Waals surface area contributed by atoms with Crippen LogP contribution in [-0.4, -0.2) is 19.1 Å². The summed E-state index contributed by atoms with van der Waals surface area (Å²) in [7, 11) is 0. The van der Waals surface area contributed by atoms with Crippen LogP contribution in [-0.2, 0) is 0 Å². The summed E-state index contributed by atoms with van der Waals surface area (Å²) in [6.45, 7) is 5.66. The Labute approximate surface area is 73.9 Å². The Bertz CT molecular complexity index is 164. The summed E-state index contributed by atoms with van der Waals surface area (Å²) in [6, 6.07) is -0.0365. The van der Waals surface area contributed by atoms with E-state index in [4.69, 9.17) is 0 Å². The molecule has 2 N–H and O–H groups in total. The van der Waals surface area contributed by atoms with Gasteiger partial charge in [-0.3, -0.25) is 0 Å². The van der Waals surface area contributed by atoms with E-state index < -0.39 is 0 Å². The molecule has 0 aromatic carbocycles. The zero-order valence-corrected chi connectivity index (χ0v) is 7.94. The van der Waals surface area contributed by atoms with Crippen LogP contribution in [0.5, 0.6) is 0 Å². The Balaban J connectivity index is 2.12. The molecule has 1 saturated carbocycles. The van der Waals surface area contributed by atoms with E-state index in [-0.39, 0.29) is 6.03 Å². The molecule has 0 unspecified atom stereocenters. The van der Waals surface area contributed by atoms with Crippen molar-refractivity contribution < 1.29 is 4.79 Å². The molecule has 1 rings (SSSR count). The highest BCUT2D eigenvalue weighted by Crippen LogP contribution is 2.39. The van der Waals surface area contributed by atoms with Gasteiger partial charge in [-0.25, -0.2) is 4.79 Å².